The maximum Gasteiger partial charge on any atom is 0.493 e. The summed E-state index contributed by atoms with van der Waals surface area (Å²) in [5.41, 5.74) is 8.45. The predicted octanol–water partition coefficient (Wildman–Crippen LogP) is 7.97. The maximum atomic E-state index is 6.05. The van der Waals surface area contributed by atoms with E-state index in [0.29, 0.717) is 0 Å². The van der Waals surface area contributed by atoms with Gasteiger partial charge in [0.25, 0.3) is 6.20 Å². The van der Waals surface area contributed by atoms with Gasteiger partial charge in [0.15, 0.2) is 12.2 Å². The maximum absolute atomic E-state index is 6.05. The zero-order valence-corrected chi connectivity index (χ0v) is 24.6. The summed E-state index contributed by atoms with van der Waals surface area (Å²) in [5, 5.41) is 2.25. The average Bonchev–Trinajstić information content (AvgIpc) is 3.55. The van der Waals surface area contributed by atoms with Crippen LogP contribution in [0.25, 0.3) is 33.2 Å². The fourth-order valence-corrected chi connectivity index (χ4v) is 4.22. The fourth-order valence-electron chi connectivity index (χ4n) is 4.22. The molecule has 38 heavy (non-hydrogen) atoms. The number of hydrogen-bond acceptors (Lipinski definition) is 2. The standard InChI is InChI=1S/C19H17N2O.C14H14N.Ir/c1-2-3-11-20-12-13-21(14-20)17-9-6-8-16-15-7-4-5-10-18(15)22-19(16)17;1-10-4-6-13(7-5-10)14-8-11(2)12(3)9-15-14;/h4-8,10,12-13H,2-3,11H2,1H3;4-6,8-9H,1-3H3;/q+1;-1;. The van der Waals surface area contributed by atoms with Gasteiger partial charge < -0.3 is 9.40 Å². The number of aryl methyl sites for hydroxylation is 3. The van der Waals surface area contributed by atoms with Crippen LogP contribution in [-0.4, -0.2) is 26.7 Å². The first-order chi connectivity index (χ1) is 18.0. The van der Waals surface area contributed by atoms with E-state index in [2.05, 4.69) is 85.7 Å². The first-order valence-electron chi connectivity index (χ1n) is 12.8. The molecule has 0 saturated carbocycles. The van der Waals surface area contributed by atoms with Gasteiger partial charge >= 0.3 is 6.01 Å². The molecule has 0 aliphatic carbocycles. The number of rotatable bonds is 5. The number of aromatic nitrogens is 1. The van der Waals surface area contributed by atoms with Gasteiger partial charge in [0.05, 0.1) is 5.58 Å². The van der Waals surface area contributed by atoms with E-state index in [-0.39, 0.29) is 20.1 Å². The summed E-state index contributed by atoms with van der Waals surface area (Å²) in [5.74, 6) is 0. The molecule has 4 nitrogen and oxygen atoms in total. The normalized spacial score (nSPS) is 12.1. The van der Waals surface area contributed by atoms with Crippen LogP contribution >= 0.6 is 0 Å². The van der Waals surface area contributed by atoms with Crippen molar-refractivity contribution in [1.29, 1.82) is 0 Å². The summed E-state index contributed by atoms with van der Waals surface area (Å²) in [7, 11) is 0. The Morgan fingerprint density at radius 2 is 1.79 bits per heavy atom. The smallest absolute Gasteiger partial charge is 0.493 e. The average molecular weight is 678 g/mol. The Bertz CT molecular complexity index is 1670. The second-order valence-electron chi connectivity index (χ2n) is 9.42. The van der Waals surface area contributed by atoms with Crippen LogP contribution in [0.5, 0.6) is 0 Å². The van der Waals surface area contributed by atoms with Crippen molar-refractivity contribution in [2.24, 2.45) is 0 Å². The number of benzene rings is 3. The molecule has 0 saturated heterocycles. The molecule has 0 unspecified atom stereocenters. The Morgan fingerprint density at radius 1 is 0.947 bits per heavy atom. The van der Waals surface area contributed by atoms with E-state index < -0.39 is 0 Å². The number of hydrogen-bond donors (Lipinski definition) is 0. The quantitative estimate of drug-likeness (QED) is 0.140. The van der Waals surface area contributed by atoms with Gasteiger partial charge in [0.2, 0.25) is 6.20 Å². The molecule has 6 rings (SSSR count). The summed E-state index contributed by atoms with van der Waals surface area (Å²) in [4.78, 5) is 4.41. The first-order valence-corrected chi connectivity index (χ1v) is 12.8. The van der Waals surface area contributed by atoms with Gasteiger partial charge in [-0.15, -0.1) is 41.5 Å². The van der Waals surface area contributed by atoms with Gasteiger partial charge in [0, 0.05) is 38.1 Å². The summed E-state index contributed by atoms with van der Waals surface area (Å²) >= 11 is 0. The Balaban J connectivity index is 0.000000185. The van der Waals surface area contributed by atoms with Crippen molar-refractivity contribution in [2.45, 2.75) is 40.5 Å². The molecule has 0 amide bonds. The molecule has 5 heteroatoms. The van der Waals surface area contributed by atoms with Crippen molar-refractivity contribution in [2.75, 3.05) is 6.54 Å². The molecule has 1 radical (unpaired) electrons. The molecular formula is C33H31IrN3O. The summed E-state index contributed by atoms with van der Waals surface area (Å²) in [6.07, 6.45) is 8.30. The summed E-state index contributed by atoms with van der Waals surface area (Å²) in [6.45, 7) is 9.42. The monoisotopic (exact) mass is 678 g/mol. The fraction of sp³-hybridized carbons (Fsp3) is 0.212. The molecule has 2 aromatic heterocycles. The van der Waals surface area contributed by atoms with Gasteiger partial charge in [-0.3, -0.25) is 0 Å². The van der Waals surface area contributed by atoms with E-state index in [1.807, 2.05) is 53.5 Å². The van der Waals surface area contributed by atoms with E-state index in [4.69, 9.17) is 4.42 Å². The number of fused-ring (bicyclic) bond motifs is 3. The molecule has 0 N–H and O–H groups in total. The van der Waals surface area contributed by atoms with E-state index in [0.717, 1.165) is 51.8 Å². The van der Waals surface area contributed by atoms with Crippen LogP contribution < -0.4 is 0 Å². The zero-order valence-electron chi connectivity index (χ0n) is 22.2. The Kier molecular flexibility index (Phi) is 8.86. The van der Waals surface area contributed by atoms with Crippen molar-refractivity contribution >= 4 is 33.6 Å². The minimum Gasteiger partial charge on any atom is -0.509 e. The third-order valence-electron chi connectivity index (χ3n) is 6.56. The van der Waals surface area contributed by atoms with Crippen molar-refractivity contribution < 1.29 is 33.7 Å². The summed E-state index contributed by atoms with van der Waals surface area (Å²) in [6, 6.07) is 30.2. The van der Waals surface area contributed by atoms with Crippen molar-refractivity contribution in [3.05, 3.63) is 108 Å². The predicted molar refractivity (Wildman–Crippen MR) is 149 cm³/mol. The van der Waals surface area contributed by atoms with Gasteiger partial charge in [-0.05, 0) is 31.2 Å². The van der Waals surface area contributed by atoms with Crippen LogP contribution in [0.15, 0.2) is 83.7 Å². The van der Waals surface area contributed by atoms with Crippen molar-refractivity contribution in [3.63, 3.8) is 0 Å². The van der Waals surface area contributed by atoms with Gasteiger partial charge in [0.1, 0.15) is 5.58 Å². The van der Waals surface area contributed by atoms with Gasteiger partial charge in [-0.25, -0.2) is 0 Å². The number of furan rings is 1. The van der Waals surface area contributed by atoms with E-state index >= 15 is 0 Å². The largest absolute Gasteiger partial charge is 0.509 e. The SMILES string of the molecule is CCCC[N+]1=C=[N+](c2[c-]ccc3c2oc2ccccc23)C=C1.Cc1c[c-]c(-c2cc(C)c(C)cn2)cc1.[Ir]. The molecule has 0 atom stereocenters. The van der Waals surface area contributed by atoms with Gasteiger partial charge in [-0.2, -0.15) is 12.1 Å². The van der Waals surface area contributed by atoms with E-state index in [1.54, 1.807) is 0 Å². The van der Waals surface area contributed by atoms with Crippen LogP contribution in [-0.2, 0) is 20.1 Å². The Morgan fingerprint density at radius 3 is 2.55 bits per heavy atom. The zero-order chi connectivity index (χ0) is 25.8. The summed E-state index contributed by atoms with van der Waals surface area (Å²) < 4.78 is 10.1. The van der Waals surface area contributed by atoms with Crippen LogP contribution in [0.3, 0.4) is 0 Å². The molecule has 3 aromatic carbocycles. The van der Waals surface area contributed by atoms with E-state index in [1.165, 1.54) is 23.1 Å². The third kappa shape index (κ3) is 5.92. The molecule has 0 fully saturated rings. The molecule has 5 aromatic rings. The second kappa shape index (κ2) is 12.3. The molecule has 1 aliphatic heterocycles. The topological polar surface area (TPSA) is 32.0 Å². The third-order valence-corrected chi connectivity index (χ3v) is 6.56. The van der Waals surface area contributed by atoms with Crippen LogP contribution in [0.4, 0.5) is 5.69 Å². The number of unbranched alkanes of at least 4 members (excludes halogenated alkanes) is 1. The van der Waals surface area contributed by atoms with E-state index in [9.17, 15) is 0 Å². The Labute approximate surface area is 238 Å². The van der Waals surface area contributed by atoms with Crippen LogP contribution in [0.1, 0.15) is 36.5 Å². The molecule has 1 aliphatic rings. The molecular weight excluding hydrogens is 647 g/mol. The molecule has 0 spiro atoms. The molecule has 193 valence electrons. The first kappa shape index (κ1) is 27.4. The van der Waals surface area contributed by atoms with Crippen LogP contribution in [0, 0.1) is 32.9 Å². The number of pyridine rings is 1. The minimum atomic E-state index is 0. The molecule has 0 bridgehead atoms. The minimum absolute atomic E-state index is 0. The van der Waals surface area contributed by atoms with Crippen molar-refractivity contribution in [3.8, 4) is 11.3 Å². The van der Waals surface area contributed by atoms with Crippen LogP contribution in [0.2, 0.25) is 0 Å². The van der Waals surface area contributed by atoms with Crippen molar-refractivity contribution in [1.82, 2.24) is 4.98 Å². The second-order valence-corrected chi connectivity index (χ2v) is 9.42. The van der Waals surface area contributed by atoms with Gasteiger partial charge in [-0.1, -0.05) is 64.6 Å². The molecule has 3 heterocycles. The number of nitrogens with zero attached hydrogens (tertiary/aromatic N) is 3. The number of para-hydroxylation sites is 1. The Hall–Kier alpha value is -3.62.